The normalized spacial score (nSPS) is 17.4. The zero-order valence-electron chi connectivity index (χ0n) is 13.1. The number of urea groups is 1. The highest BCUT2D eigenvalue weighted by Gasteiger charge is 2.33. The van der Waals surface area contributed by atoms with Crippen molar-refractivity contribution in [2.45, 2.75) is 25.2 Å². The fourth-order valence-corrected chi connectivity index (χ4v) is 2.28. The highest BCUT2D eigenvalue weighted by Crippen LogP contribution is 2.28. The van der Waals surface area contributed by atoms with Gasteiger partial charge in [-0.3, -0.25) is 0 Å². The minimum atomic E-state index is -2.70. The van der Waals surface area contributed by atoms with Gasteiger partial charge >= 0.3 is 6.03 Å². The average molecular weight is 329 g/mol. The Morgan fingerprint density at radius 3 is 3.00 bits per heavy atom. The van der Waals surface area contributed by atoms with Crippen LogP contribution < -0.4 is 10.1 Å². The largest absolute Gasteiger partial charge is 0.474 e. The molecule has 0 atom stereocenters. The van der Waals surface area contributed by atoms with Crippen LogP contribution in [0.5, 0.6) is 5.88 Å². The van der Waals surface area contributed by atoms with Crippen LogP contribution in [0, 0.1) is 0 Å². The van der Waals surface area contributed by atoms with Gasteiger partial charge in [0.25, 0.3) is 0 Å². The van der Waals surface area contributed by atoms with Gasteiger partial charge in [-0.1, -0.05) is 0 Å². The molecule has 23 heavy (non-hydrogen) atoms. The summed E-state index contributed by atoms with van der Waals surface area (Å²) in [5.74, 6) is -2.42. The molecule has 1 fully saturated rings. The molecule has 0 saturated carbocycles. The number of ether oxygens (including phenoxy) is 2. The second-order valence-corrected chi connectivity index (χ2v) is 5.32. The maximum atomic E-state index is 13.4. The molecule has 0 aromatic carbocycles. The lowest BCUT2D eigenvalue weighted by Crippen LogP contribution is -2.36. The van der Waals surface area contributed by atoms with Gasteiger partial charge in [-0.05, 0) is 18.6 Å². The first kappa shape index (κ1) is 17.4. The molecule has 1 aliphatic rings. The van der Waals surface area contributed by atoms with Crippen LogP contribution in [0.25, 0.3) is 0 Å². The Morgan fingerprint density at radius 1 is 1.39 bits per heavy atom. The number of hydrogen-bond acceptors (Lipinski definition) is 4. The van der Waals surface area contributed by atoms with Crippen LogP contribution in [0.1, 0.15) is 19.3 Å². The van der Waals surface area contributed by atoms with E-state index in [-0.39, 0.29) is 31.7 Å². The molecule has 2 amide bonds. The highest BCUT2D eigenvalue weighted by molar-refractivity contribution is 5.90. The standard InChI is InChI=1S/C15H21F2N3O3/c1-22-10-11-23-13-12(4-2-7-18-13)19-14(21)20-8-3-5-15(16,17)6-9-20/h2,4,7H,3,5-6,8-11H2,1H3,(H,19,21). The summed E-state index contributed by atoms with van der Waals surface area (Å²) in [6.07, 6.45) is 1.33. The molecule has 1 aliphatic heterocycles. The predicted octanol–water partition coefficient (Wildman–Crippen LogP) is 2.76. The van der Waals surface area contributed by atoms with E-state index in [0.717, 1.165) is 0 Å². The van der Waals surface area contributed by atoms with Crippen LogP contribution in [0.15, 0.2) is 18.3 Å². The topological polar surface area (TPSA) is 63.7 Å². The minimum absolute atomic E-state index is 0.0267. The Hall–Kier alpha value is -1.96. The molecule has 0 spiro atoms. The van der Waals surface area contributed by atoms with Crippen LogP contribution in [0.3, 0.4) is 0 Å². The van der Waals surface area contributed by atoms with Crippen LogP contribution in [0.2, 0.25) is 0 Å². The zero-order valence-corrected chi connectivity index (χ0v) is 13.1. The third-order valence-electron chi connectivity index (χ3n) is 3.54. The maximum Gasteiger partial charge on any atom is 0.321 e. The van der Waals surface area contributed by atoms with E-state index in [1.165, 1.54) is 4.90 Å². The SMILES string of the molecule is COCCOc1ncccc1NC(=O)N1CCCC(F)(F)CC1. The second kappa shape index (κ2) is 8.05. The lowest BCUT2D eigenvalue weighted by atomic mass is 10.1. The second-order valence-electron chi connectivity index (χ2n) is 5.32. The van der Waals surface area contributed by atoms with Crippen LogP contribution in [-0.2, 0) is 4.74 Å². The van der Waals surface area contributed by atoms with Crippen molar-refractivity contribution in [3.05, 3.63) is 18.3 Å². The number of methoxy groups -OCH3 is 1. The minimum Gasteiger partial charge on any atom is -0.474 e. The Bertz CT molecular complexity index is 528. The summed E-state index contributed by atoms with van der Waals surface area (Å²) in [4.78, 5) is 17.7. The van der Waals surface area contributed by atoms with Crippen molar-refractivity contribution in [1.82, 2.24) is 9.88 Å². The number of nitrogens with zero attached hydrogens (tertiary/aromatic N) is 2. The lowest BCUT2D eigenvalue weighted by Gasteiger charge is -2.21. The molecular formula is C15H21F2N3O3. The van der Waals surface area contributed by atoms with Crippen molar-refractivity contribution in [1.29, 1.82) is 0 Å². The number of hydrogen-bond donors (Lipinski definition) is 1. The molecule has 6 nitrogen and oxygen atoms in total. The average Bonchev–Trinajstić information content (AvgIpc) is 2.70. The van der Waals surface area contributed by atoms with E-state index < -0.39 is 12.0 Å². The number of anilines is 1. The fourth-order valence-electron chi connectivity index (χ4n) is 2.28. The molecule has 1 aromatic heterocycles. The number of alkyl halides is 2. The summed E-state index contributed by atoms with van der Waals surface area (Å²) in [7, 11) is 1.56. The molecular weight excluding hydrogens is 308 g/mol. The quantitative estimate of drug-likeness (QED) is 0.844. The third kappa shape index (κ3) is 5.31. The summed E-state index contributed by atoms with van der Waals surface area (Å²) in [6.45, 7) is 1.03. The van der Waals surface area contributed by atoms with Crippen LogP contribution in [0.4, 0.5) is 19.3 Å². The molecule has 8 heteroatoms. The molecule has 2 rings (SSSR count). The Kier molecular flexibility index (Phi) is 6.09. The smallest absolute Gasteiger partial charge is 0.321 e. The van der Waals surface area contributed by atoms with Gasteiger partial charge in [0.05, 0.1) is 6.61 Å². The number of likely N-dealkylation sites (tertiary alicyclic amines) is 1. The molecule has 2 heterocycles. The molecule has 1 aromatic rings. The first-order valence-corrected chi connectivity index (χ1v) is 7.52. The molecule has 0 bridgehead atoms. The third-order valence-corrected chi connectivity index (χ3v) is 3.54. The van der Waals surface area contributed by atoms with Gasteiger partial charge in [-0.2, -0.15) is 0 Å². The zero-order chi connectivity index (χ0) is 16.7. The lowest BCUT2D eigenvalue weighted by molar-refractivity contribution is -0.0121. The molecule has 0 aliphatic carbocycles. The van der Waals surface area contributed by atoms with E-state index in [1.807, 2.05) is 0 Å². The van der Waals surface area contributed by atoms with E-state index in [4.69, 9.17) is 9.47 Å². The molecule has 1 N–H and O–H groups in total. The number of rotatable bonds is 5. The number of halogens is 2. The summed E-state index contributed by atoms with van der Waals surface area (Å²) < 4.78 is 37.1. The van der Waals surface area contributed by atoms with E-state index >= 15 is 0 Å². The van der Waals surface area contributed by atoms with Gasteiger partial charge in [0.1, 0.15) is 12.3 Å². The fraction of sp³-hybridized carbons (Fsp3) is 0.600. The summed E-state index contributed by atoms with van der Waals surface area (Å²) in [5, 5.41) is 2.68. The molecule has 128 valence electrons. The van der Waals surface area contributed by atoms with Gasteiger partial charge < -0.3 is 19.7 Å². The van der Waals surface area contributed by atoms with E-state index in [1.54, 1.807) is 25.4 Å². The Labute approximate surface area is 133 Å². The molecule has 1 saturated heterocycles. The van der Waals surface area contributed by atoms with Gasteiger partial charge in [-0.25, -0.2) is 18.6 Å². The van der Waals surface area contributed by atoms with E-state index in [2.05, 4.69) is 10.3 Å². The number of carbonyl (C=O) groups is 1. The first-order chi connectivity index (χ1) is 11.0. The Morgan fingerprint density at radius 2 is 2.22 bits per heavy atom. The highest BCUT2D eigenvalue weighted by atomic mass is 19.3. The monoisotopic (exact) mass is 329 g/mol. The summed E-state index contributed by atoms with van der Waals surface area (Å²) in [6, 6.07) is 2.89. The summed E-state index contributed by atoms with van der Waals surface area (Å²) >= 11 is 0. The van der Waals surface area contributed by atoms with Crippen molar-refractivity contribution in [2.24, 2.45) is 0 Å². The van der Waals surface area contributed by atoms with Crippen molar-refractivity contribution in [3.63, 3.8) is 0 Å². The molecule has 0 radical (unpaired) electrons. The number of pyridine rings is 1. The number of nitrogens with one attached hydrogen (secondary N) is 1. The van der Waals surface area contributed by atoms with Gasteiger partial charge in [-0.15, -0.1) is 0 Å². The number of carbonyl (C=O) groups excluding carboxylic acids is 1. The maximum absolute atomic E-state index is 13.4. The van der Waals surface area contributed by atoms with E-state index in [9.17, 15) is 13.6 Å². The Balaban J connectivity index is 1.97. The van der Waals surface area contributed by atoms with Gasteiger partial charge in [0.2, 0.25) is 11.8 Å². The first-order valence-electron chi connectivity index (χ1n) is 7.52. The van der Waals surface area contributed by atoms with Crippen molar-refractivity contribution < 1.29 is 23.0 Å². The van der Waals surface area contributed by atoms with Gasteiger partial charge in [0, 0.05) is 39.2 Å². The number of aromatic nitrogens is 1. The number of amides is 2. The van der Waals surface area contributed by atoms with Crippen LogP contribution in [-0.4, -0.2) is 55.3 Å². The van der Waals surface area contributed by atoms with Crippen LogP contribution >= 0.6 is 0 Å². The van der Waals surface area contributed by atoms with E-state index in [0.29, 0.717) is 25.4 Å². The predicted molar refractivity (Wildman–Crippen MR) is 81.0 cm³/mol. The van der Waals surface area contributed by atoms with Crippen molar-refractivity contribution in [3.8, 4) is 5.88 Å². The van der Waals surface area contributed by atoms with Gasteiger partial charge in [0.15, 0.2) is 0 Å². The molecule has 0 unspecified atom stereocenters. The van der Waals surface area contributed by atoms with Crippen molar-refractivity contribution >= 4 is 11.7 Å². The summed E-state index contributed by atoms with van der Waals surface area (Å²) in [5.41, 5.74) is 0.407. The van der Waals surface area contributed by atoms with Crippen molar-refractivity contribution in [2.75, 3.05) is 38.7 Å².